The van der Waals surface area contributed by atoms with E-state index in [0.29, 0.717) is 51.5 Å². The summed E-state index contributed by atoms with van der Waals surface area (Å²) in [4.78, 5) is 15.8. The normalized spacial score (nSPS) is 23.9. The van der Waals surface area contributed by atoms with Gasteiger partial charge in [0.2, 0.25) is 6.29 Å². The average molecular weight is 367 g/mol. The molecule has 3 heterocycles. The summed E-state index contributed by atoms with van der Waals surface area (Å²) in [6.07, 6.45) is 3.67. The maximum Gasteiger partial charge on any atom is 0.288 e. The summed E-state index contributed by atoms with van der Waals surface area (Å²) >= 11 is 1.68. The number of hydrogen-bond acceptors (Lipinski definition) is 6. The number of unbranched alkanes of at least 4 members (excludes halogenated alkanes) is 1. The van der Waals surface area contributed by atoms with Gasteiger partial charge in [-0.1, -0.05) is 6.07 Å². The Morgan fingerprint density at radius 2 is 2.20 bits per heavy atom. The van der Waals surface area contributed by atoms with Crippen molar-refractivity contribution in [3.8, 4) is 0 Å². The van der Waals surface area contributed by atoms with Gasteiger partial charge in [-0.3, -0.25) is 4.79 Å². The van der Waals surface area contributed by atoms with E-state index in [9.17, 15) is 4.79 Å². The summed E-state index contributed by atoms with van der Waals surface area (Å²) in [6.45, 7) is 2.98. The van der Waals surface area contributed by atoms with Gasteiger partial charge in [0.15, 0.2) is 5.76 Å². The molecule has 0 aliphatic carbocycles. The Labute approximate surface area is 152 Å². The number of amides is 1. The Morgan fingerprint density at radius 1 is 1.36 bits per heavy atom. The Balaban J connectivity index is 1.68. The van der Waals surface area contributed by atoms with E-state index in [1.54, 1.807) is 16.2 Å². The van der Waals surface area contributed by atoms with Crippen LogP contribution in [0.15, 0.2) is 29.3 Å². The largest absolute Gasteiger partial charge is 0.459 e. The maximum atomic E-state index is 12.8. The van der Waals surface area contributed by atoms with E-state index in [0.717, 1.165) is 6.42 Å². The summed E-state index contributed by atoms with van der Waals surface area (Å²) in [7, 11) is 0. The predicted molar refractivity (Wildman–Crippen MR) is 94.3 cm³/mol. The predicted octanol–water partition coefficient (Wildman–Crippen LogP) is 2.11. The van der Waals surface area contributed by atoms with Crippen LogP contribution in [0.1, 0.15) is 30.1 Å². The zero-order valence-electron chi connectivity index (χ0n) is 14.3. The number of allylic oxidation sites excluding steroid dienone is 1. The minimum Gasteiger partial charge on any atom is -0.459 e. The van der Waals surface area contributed by atoms with E-state index >= 15 is 0 Å². The van der Waals surface area contributed by atoms with Crippen molar-refractivity contribution in [1.82, 2.24) is 4.90 Å². The van der Waals surface area contributed by atoms with Crippen molar-refractivity contribution in [2.45, 2.75) is 31.5 Å². The van der Waals surface area contributed by atoms with Crippen LogP contribution in [0.4, 0.5) is 0 Å². The molecule has 1 fully saturated rings. The van der Waals surface area contributed by atoms with Crippen LogP contribution in [0.2, 0.25) is 0 Å². The van der Waals surface area contributed by atoms with Crippen molar-refractivity contribution >= 4 is 17.2 Å². The van der Waals surface area contributed by atoms with Crippen molar-refractivity contribution in [1.29, 1.82) is 0 Å². The monoisotopic (exact) mass is 367 g/mol. The minimum atomic E-state index is -0.434. The molecule has 2 aliphatic heterocycles. The van der Waals surface area contributed by atoms with Crippen LogP contribution in [0.3, 0.4) is 0 Å². The van der Waals surface area contributed by atoms with E-state index in [-0.39, 0.29) is 18.4 Å². The van der Waals surface area contributed by atoms with Crippen LogP contribution in [0, 0.1) is 0 Å². The third-order valence-electron chi connectivity index (χ3n) is 4.33. The van der Waals surface area contributed by atoms with Gasteiger partial charge in [-0.05, 0) is 30.4 Å². The summed E-state index contributed by atoms with van der Waals surface area (Å²) in [6, 6.07) is 4.10. The van der Waals surface area contributed by atoms with Crippen LogP contribution >= 0.6 is 11.3 Å². The fourth-order valence-electron chi connectivity index (χ4n) is 2.96. The van der Waals surface area contributed by atoms with E-state index in [2.05, 4.69) is 6.07 Å². The van der Waals surface area contributed by atoms with E-state index < -0.39 is 6.29 Å². The first kappa shape index (κ1) is 18.4. The molecule has 0 bridgehead atoms. The lowest BCUT2D eigenvalue weighted by molar-refractivity contribution is -0.155. The molecule has 1 amide bonds. The zero-order valence-corrected chi connectivity index (χ0v) is 15.1. The molecule has 0 aromatic carbocycles. The van der Waals surface area contributed by atoms with Crippen molar-refractivity contribution in [2.75, 3.05) is 39.5 Å². The lowest BCUT2D eigenvalue weighted by atomic mass is 9.99. The molecular formula is C18H25NO5S. The second kappa shape index (κ2) is 9.33. The van der Waals surface area contributed by atoms with Gasteiger partial charge in [-0.15, -0.1) is 11.3 Å². The second-order valence-corrected chi connectivity index (χ2v) is 7.12. The molecule has 0 spiro atoms. The molecule has 0 saturated carbocycles. The molecule has 138 valence electrons. The van der Waals surface area contributed by atoms with Crippen molar-refractivity contribution < 1.29 is 24.1 Å². The first-order valence-electron chi connectivity index (χ1n) is 8.79. The molecule has 3 rings (SSSR count). The number of rotatable bonds is 7. The Bertz CT molecular complexity index is 568. The van der Waals surface area contributed by atoms with Gasteiger partial charge in [0, 0.05) is 36.9 Å². The number of thiophene rings is 1. The molecule has 1 aromatic heterocycles. The van der Waals surface area contributed by atoms with Gasteiger partial charge < -0.3 is 24.2 Å². The summed E-state index contributed by atoms with van der Waals surface area (Å²) in [5.74, 6) is 0.406. The highest BCUT2D eigenvalue weighted by molar-refractivity contribution is 7.10. The summed E-state index contributed by atoms with van der Waals surface area (Å²) < 4.78 is 17.0. The van der Waals surface area contributed by atoms with Gasteiger partial charge in [0.05, 0.1) is 19.8 Å². The molecule has 6 nitrogen and oxygen atoms in total. The number of ether oxygens (including phenoxy) is 3. The molecule has 2 aliphatic rings. The number of hydrogen-bond donors (Lipinski definition) is 1. The van der Waals surface area contributed by atoms with Crippen LogP contribution in [0.5, 0.6) is 0 Å². The van der Waals surface area contributed by atoms with E-state index in [1.165, 1.54) is 4.88 Å². The number of carbonyl (C=O) groups is 1. The van der Waals surface area contributed by atoms with E-state index in [4.69, 9.17) is 19.3 Å². The first-order chi connectivity index (χ1) is 12.3. The average Bonchev–Trinajstić information content (AvgIpc) is 3.20. The van der Waals surface area contributed by atoms with Gasteiger partial charge in [-0.2, -0.15) is 0 Å². The third kappa shape index (κ3) is 5.04. The number of aliphatic hydroxyl groups is 1. The molecule has 25 heavy (non-hydrogen) atoms. The van der Waals surface area contributed by atoms with Crippen LogP contribution in [0.25, 0.3) is 0 Å². The summed E-state index contributed by atoms with van der Waals surface area (Å²) in [5.41, 5.74) is 0. The molecule has 0 radical (unpaired) electrons. The standard InChI is InChI=1S/C18H25NO5S/c20-7-1-2-8-23-17-13-14(16-4-3-11-25-16)12-15(24-17)18(21)19-5-9-22-10-6-19/h3-4,11-12,14,17,20H,1-2,5-10,13H2/t14-,17+/m1/s1. The first-order valence-corrected chi connectivity index (χ1v) is 9.67. The van der Waals surface area contributed by atoms with Crippen LogP contribution < -0.4 is 0 Å². The molecule has 7 heteroatoms. The number of nitrogens with zero attached hydrogens (tertiary/aromatic N) is 1. The summed E-state index contributed by atoms with van der Waals surface area (Å²) in [5, 5.41) is 10.9. The number of morpholine rings is 1. The van der Waals surface area contributed by atoms with Gasteiger partial charge in [-0.25, -0.2) is 0 Å². The third-order valence-corrected chi connectivity index (χ3v) is 5.34. The molecule has 1 N–H and O–H groups in total. The quantitative estimate of drug-likeness (QED) is 0.748. The zero-order chi connectivity index (χ0) is 17.5. The molecule has 1 aromatic rings. The highest BCUT2D eigenvalue weighted by Gasteiger charge is 2.31. The lowest BCUT2D eigenvalue weighted by Crippen LogP contribution is -2.43. The number of aliphatic hydroxyl groups excluding tert-OH is 1. The van der Waals surface area contributed by atoms with Gasteiger partial charge >= 0.3 is 0 Å². The Kier molecular flexibility index (Phi) is 6.86. The highest BCUT2D eigenvalue weighted by Crippen LogP contribution is 2.34. The fourth-order valence-corrected chi connectivity index (χ4v) is 3.77. The fraction of sp³-hybridized carbons (Fsp3) is 0.611. The van der Waals surface area contributed by atoms with E-state index in [1.807, 2.05) is 17.5 Å². The SMILES string of the molecule is O=C(C1=C[C@@H](c2cccs2)C[C@@H](OCCCCO)O1)N1CCOCC1. The Hall–Kier alpha value is -1.41. The number of carbonyl (C=O) groups excluding carboxylic acids is 1. The smallest absolute Gasteiger partial charge is 0.288 e. The Morgan fingerprint density at radius 3 is 2.92 bits per heavy atom. The molecule has 1 saturated heterocycles. The van der Waals surface area contributed by atoms with Gasteiger partial charge in [0.25, 0.3) is 5.91 Å². The van der Waals surface area contributed by atoms with Crippen molar-refractivity contribution in [3.05, 3.63) is 34.2 Å². The highest BCUT2D eigenvalue weighted by atomic mass is 32.1. The molecule has 0 unspecified atom stereocenters. The lowest BCUT2D eigenvalue weighted by Gasteiger charge is -2.32. The second-order valence-electron chi connectivity index (χ2n) is 6.14. The topological polar surface area (TPSA) is 68.2 Å². The maximum absolute atomic E-state index is 12.8. The molecule has 2 atom stereocenters. The van der Waals surface area contributed by atoms with Crippen molar-refractivity contribution in [3.63, 3.8) is 0 Å². The molecular weight excluding hydrogens is 342 g/mol. The van der Waals surface area contributed by atoms with Crippen LogP contribution in [-0.2, 0) is 19.0 Å². The minimum absolute atomic E-state index is 0.0893. The van der Waals surface area contributed by atoms with Crippen LogP contribution in [-0.4, -0.2) is 61.7 Å². The van der Waals surface area contributed by atoms with Gasteiger partial charge in [0.1, 0.15) is 0 Å². The van der Waals surface area contributed by atoms with Crippen molar-refractivity contribution in [2.24, 2.45) is 0 Å².